The van der Waals surface area contributed by atoms with Gasteiger partial charge >= 0.3 is 0 Å². The lowest BCUT2D eigenvalue weighted by Crippen LogP contribution is -2.31. The molecule has 0 radical (unpaired) electrons. The Kier molecular flexibility index (Phi) is 6.34. The number of hydrogen-bond acceptors (Lipinski definition) is 4. The summed E-state index contributed by atoms with van der Waals surface area (Å²) in [7, 11) is 0. The van der Waals surface area contributed by atoms with Gasteiger partial charge in [0.15, 0.2) is 0 Å². The number of thioether (sulfide) groups is 1. The van der Waals surface area contributed by atoms with Crippen molar-refractivity contribution in [2.24, 2.45) is 0 Å². The first kappa shape index (κ1) is 19.9. The number of benzene rings is 2. The highest BCUT2D eigenvalue weighted by Crippen LogP contribution is 2.36. The van der Waals surface area contributed by atoms with Crippen molar-refractivity contribution in [1.29, 1.82) is 5.26 Å². The van der Waals surface area contributed by atoms with Crippen LogP contribution in [0.2, 0.25) is 5.02 Å². The van der Waals surface area contributed by atoms with Crippen molar-refractivity contribution in [3.8, 4) is 6.07 Å². The Morgan fingerprint density at radius 2 is 2.11 bits per heavy atom. The third-order valence-corrected chi connectivity index (χ3v) is 5.34. The molecule has 142 valence electrons. The van der Waals surface area contributed by atoms with E-state index in [1.165, 1.54) is 6.07 Å². The minimum Gasteiger partial charge on any atom is -0.325 e. The monoisotopic (exact) mass is 415 g/mol. The fraction of sp³-hybridized carbons (Fsp3) is 0.150. The number of halogens is 2. The maximum Gasteiger partial charge on any atom is 0.234 e. The van der Waals surface area contributed by atoms with E-state index in [0.717, 1.165) is 11.8 Å². The van der Waals surface area contributed by atoms with Gasteiger partial charge in [0, 0.05) is 23.0 Å². The molecule has 0 fully saturated rings. The fourth-order valence-corrected chi connectivity index (χ4v) is 3.92. The van der Waals surface area contributed by atoms with Crippen LogP contribution in [0.15, 0.2) is 59.1 Å². The second kappa shape index (κ2) is 8.91. The van der Waals surface area contributed by atoms with Gasteiger partial charge in [-0.1, -0.05) is 47.6 Å². The number of carbonyl (C=O) groups is 2. The van der Waals surface area contributed by atoms with Crippen LogP contribution in [-0.2, 0) is 9.59 Å². The van der Waals surface area contributed by atoms with Crippen LogP contribution in [0, 0.1) is 17.1 Å². The summed E-state index contributed by atoms with van der Waals surface area (Å²) in [5, 5.41) is 15.7. The highest BCUT2D eigenvalue weighted by atomic mass is 35.5. The summed E-state index contributed by atoms with van der Waals surface area (Å²) in [6, 6.07) is 14.8. The Morgan fingerprint density at radius 1 is 1.32 bits per heavy atom. The zero-order valence-corrected chi connectivity index (χ0v) is 16.1. The molecule has 2 aromatic carbocycles. The minimum atomic E-state index is -0.682. The number of allylic oxidation sites excluding steroid dienone is 1. The van der Waals surface area contributed by atoms with Crippen LogP contribution in [0.1, 0.15) is 17.9 Å². The molecule has 1 heterocycles. The molecule has 8 heteroatoms. The molecule has 0 unspecified atom stereocenters. The lowest BCUT2D eigenvalue weighted by atomic mass is 9.87. The molecule has 0 spiro atoms. The number of hydrogen-bond donors (Lipinski definition) is 2. The van der Waals surface area contributed by atoms with Crippen molar-refractivity contribution in [1.82, 2.24) is 5.32 Å². The first-order chi connectivity index (χ1) is 13.5. The van der Waals surface area contributed by atoms with Crippen LogP contribution in [0.3, 0.4) is 0 Å². The average molecular weight is 416 g/mol. The molecule has 0 bridgehead atoms. The largest absolute Gasteiger partial charge is 0.325 e. The molecule has 1 aliphatic rings. The first-order valence-electron chi connectivity index (χ1n) is 8.34. The van der Waals surface area contributed by atoms with Crippen molar-refractivity contribution >= 4 is 40.9 Å². The number of anilines is 1. The number of rotatable bonds is 5. The second-order valence-electron chi connectivity index (χ2n) is 6.03. The van der Waals surface area contributed by atoms with Crippen molar-refractivity contribution in [2.45, 2.75) is 12.3 Å². The molecule has 1 aliphatic heterocycles. The Hall–Kier alpha value is -2.82. The smallest absolute Gasteiger partial charge is 0.234 e. The zero-order chi connectivity index (χ0) is 20.1. The topological polar surface area (TPSA) is 82.0 Å². The van der Waals surface area contributed by atoms with Crippen molar-refractivity contribution < 1.29 is 14.0 Å². The van der Waals surface area contributed by atoms with E-state index < -0.39 is 11.7 Å². The molecule has 2 aromatic rings. The van der Waals surface area contributed by atoms with Gasteiger partial charge in [0.25, 0.3) is 0 Å². The van der Waals surface area contributed by atoms with Gasteiger partial charge in [0.05, 0.1) is 22.4 Å². The van der Waals surface area contributed by atoms with Gasteiger partial charge in [-0.15, -0.1) is 0 Å². The van der Waals surface area contributed by atoms with Gasteiger partial charge in [-0.2, -0.15) is 5.26 Å². The molecule has 2 N–H and O–H groups in total. The van der Waals surface area contributed by atoms with Gasteiger partial charge < -0.3 is 10.6 Å². The molecule has 0 saturated carbocycles. The predicted molar refractivity (Wildman–Crippen MR) is 107 cm³/mol. The summed E-state index contributed by atoms with van der Waals surface area (Å²) in [4.78, 5) is 24.3. The highest BCUT2D eigenvalue weighted by molar-refractivity contribution is 8.03. The standard InChI is InChI=1S/C20H15ClFN3O2S/c21-12-4-3-5-13(8-12)24-19(27)11-28-20-16(10-23)15(9-18(26)25-20)14-6-1-2-7-17(14)22/h1-8,15H,9,11H2,(H,24,27)(H,25,26)/t15-/m1/s1. The quantitative estimate of drug-likeness (QED) is 0.767. The molecule has 0 saturated heterocycles. The Labute approximate surface area is 170 Å². The normalized spacial score (nSPS) is 16.3. The Bertz CT molecular complexity index is 1000. The SMILES string of the molecule is N#CC1=C(SCC(=O)Nc2cccc(Cl)c2)NC(=O)C[C@@H]1c1ccccc1F. The summed E-state index contributed by atoms with van der Waals surface area (Å²) >= 11 is 6.92. The van der Waals surface area contributed by atoms with Gasteiger partial charge in [-0.25, -0.2) is 4.39 Å². The van der Waals surface area contributed by atoms with Crippen molar-refractivity contribution in [3.05, 3.63) is 75.5 Å². The maximum absolute atomic E-state index is 14.2. The van der Waals surface area contributed by atoms with Gasteiger partial charge in [-0.3, -0.25) is 9.59 Å². The van der Waals surface area contributed by atoms with Gasteiger partial charge in [0.1, 0.15) is 5.82 Å². The minimum absolute atomic E-state index is 0.0252. The number of nitrogens with zero attached hydrogens (tertiary/aromatic N) is 1. The van der Waals surface area contributed by atoms with Crippen molar-refractivity contribution in [2.75, 3.05) is 11.1 Å². The van der Waals surface area contributed by atoms with E-state index in [9.17, 15) is 19.2 Å². The van der Waals surface area contributed by atoms with E-state index >= 15 is 0 Å². The van der Waals surface area contributed by atoms with E-state index in [2.05, 4.69) is 16.7 Å². The predicted octanol–water partition coefficient (Wildman–Crippen LogP) is 4.19. The van der Waals surface area contributed by atoms with Crippen LogP contribution < -0.4 is 10.6 Å². The van der Waals surface area contributed by atoms with E-state index in [4.69, 9.17) is 11.6 Å². The number of nitrogens with one attached hydrogen (secondary N) is 2. The van der Waals surface area contributed by atoms with Crippen LogP contribution in [-0.4, -0.2) is 17.6 Å². The number of amides is 2. The molecule has 0 aliphatic carbocycles. The molecule has 0 aromatic heterocycles. The molecule has 3 rings (SSSR count). The van der Waals surface area contributed by atoms with Gasteiger partial charge in [0.2, 0.25) is 11.8 Å². The van der Waals surface area contributed by atoms with Crippen LogP contribution in [0.5, 0.6) is 0 Å². The summed E-state index contributed by atoms with van der Waals surface area (Å²) in [6.07, 6.45) is -0.0252. The van der Waals surface area contributed by atoms with Crippen molar-refractivity contribution in [3.63, 3.8) is 0 Å². The maximum atomic E-state index is 14.2. The second-order valence-corrected chi connectivity index (χ2v) is 7.45. The summed E-state index contributed by atoms with van der Waals surface area (Å²) < 4.78 is 14.2. The third-order valence-electron chi connectivity index (χ3n) is 4.09. The molecule has 28 heavy (non-hydrogen) atoms. The summed E-state index contributed by atoms with van der Waals surface area (Å²) in [5.74, 6) is -1.84. The molecule has 5 nitrogen and oxygen atoms in total. The van der Waals surface area contributed by atoms with Crippen LogP contribution in [0.25, 0.3) is 0 Å². The van der Waals surface area contributed by atoms with Gasteiger partial charge in [-0.05, 0) is 29.8 Å². The lowest BCUT2D eigenvalue weighted by molar-refractivity contribution is -0.121. The van der Waals surface area contributed by atoms with E-state index in [0.29, 0.717) is 10.7 Å². The molecule has 1 atom stereocenters. The average Bonchev–Trinajstić information content (AvgIpc) is 2.66. The molecular weight excluding hydrogens is 401 g/mol. The number of nitriles is 1. The third kappa shape index (κ3) is 4.71. The lowest BCUT2D eigenvalue weighted by Gasteiger charge is -2.25. The van der Waals surface area contributed by atoms with E-state index in [-0.39, 0.29) is 40.2 Å². The Balaban J connectivity index is 1.77. The highest BCUT2D eigenvalue weighted by Gasteiger charge is 2.31. The summed E-state index contributed by atoms with van der Waals surface area (Å²) in [6.45, 7) is 0. The number of carbonyl (C=O) groups excluding carboxylic acids is 2. The van der Waals surface area contributed by atoms with Crippen LogP contribution in [0.4, 0.5) is 10.1 Å². The zero-order valence-electron chi connectivity index (χ0n) is 14.5. The molecule has 2 amide bonds. The molecular formula is C20H15ClFN3O2S. The van der Waals surface area contributed by atoms with E-state index in [1.54, 1.807) is 42.5 Å². The summed E-state index contributed by atoms with van der Waals surface area (Å²) in [5.41, 5.74) is 1.07. The van der Waals surface area contributed by atoms with E-state index in [1.807, 2.05) is 0 Å². The first-order valence-corrected chi connectivity index (χ1v) is 9.71. The fourth-order valence-electron chi connectivity index (χ4n) is 2.86. The Morgan fingerprint density at radius 3 is 2.82 bits per heavy atom. The van der Waals surface area contributed by atoms with Crippen LogP contribution >= 0.6 is 23.4 Å².